The largest absolute Gasteiger partial charge is 0.494 e. The summed E-state index contributed by atoms with van der Waals surface area (Å²) in [6, 6.07) is 17.0. The van der Waals surface area contributed by atoms with Crippen LogP contribution in [0, 0.1) is 0 Å². The molecule has 0 radical (unpaired) electrons. The molecule has 0 aliphatic carbocycles. The molecule has 0 heterocycles. The zero-order chi connectivity index (χ0) is 15.1. The lowest BCUT2D eigenvalue weighted by atomic mass is 10.0. The van der Waals surface area contributed by atoms with E-state index in [1.807, 2.05) is 12.1 Å². The summed E-state index contributed by atoms with van der Waals surface area (Å²) < 4.78 is 6.79. The first kappa shape index (κ1) is 15.9. The zero-order valence-electron chi connectivity index (χ0n) is 12.6. The first-order valence-corrected chi connectivity index (χ1v) is 8.27. The molecule has 0 amide bonds. The average molecular weight is 348 g/mol. The Morgan fingerprint density at radius 3 is 2.52 bits per heavy atom. The van der Waals surface area contributed by atoms with Crippen molar-refractivity contribution in [3.63, 3.8) is 0 Å². The second-order valence-corrected chi connectivity index (χ2v) is 5.95. The molecule has 21 heavy (non-hydrogen) atoms. The Balaban J connectivity index is 2.09. The van der Waals surface area contributed by atoms with Gasteiger partial charge in [-0.2, -0.15) is 0 Å². The Hall–Kier alpha value is -1.48. The van der Waals surface area contributed by atoms with Gasteiger partial charge in [0.15, 0.2) is 0 Å². The zero-order valence-corrected chi connectivity index (χ0v) is 14.2. The molecule has 0 aromatic heterocycles. The maximum Gasteiger partial charge on any atom is 0.121 e. The summed E-state index contributed by atoms with van der Waals surface area (Å²) in [5.41, 5.74) is 2.39. The highest BCUT2D eigenvalue weighted by molar-refractivity contribution is 9.10. The number of halogens is 1. The second kappa shape index (κ2) is 8.08. The molecule has 0 fully saturated rings. The van der Waals surface area contributed by atoms with Crippen LogP contribution >= 0.6 is 15.9 Å². The summed E-state index contributed by atoms with van der Waals surface area (Å²) in [6.45, 7) is 5.06. The van der Waals surface area contributed by atoms with Crippen LogP contribution in [0.25, 0.3) is 0 Å². The number of rotatable bonds is 7. The van der Waals surface area contributed by atoms with Gasteiger partial charge in [0.1, 0.15) is 5.75 Å². The van der Waals surface area contributed by atoms with E-state index in [0.717, 1.165) is 35.4 Å². The molecule has 112 valence electrons. The van der Waals surface area contributed by atoms with E-state index >= 15 is 0 Å². The van der Waals surface area contributed by atoms with E-state index in [2.05, 4.69) is 71.5 Å². The SMILES string of the molecule is CCCOc1cccc(NC(CC)c2ccc(Br)cc2)c1. The van der Waals surface area contributed by atoms with E-state index in [4.69, 9.17) is 4.74 Å². The van der Waals surface area contributed by atoms with Gasteiger partial charge in [0.25, 0.3) is 0 Å². The van der Waals surface area contributed by atoms with Crippen LogP contribution in [-0.2, 0) is 0 Å². The lowest BCUT2D eigenvalue weighted by molar-refractivity contribution is 0.317. The molecule has 1 atom stereocenters. The summed E-state index contributed by atoms with van der Waals surface area (Å²) in [4.78, 5) is 0. The Kier molecular flexibility index (Phi) is 6.12. The summed E-state index contributed by atoms with van der Waals surface area (Å²) in [5.74, 6) is 0.924. The summed E-state index contributed by atoms with van der Waals surface area (Å²) in [6.07, 6.45) is 2.05. The van der Waals surface area contributed by atoms with E-state index < -0.39 is 0 Å². The van der Waals surface area contributed by atoms with Gasteiger partial charge in [0, 0.05) is 16.2 Å². The van der Waals surface area contributed by atoms with Gasteiger partial charge >= 0.3 is 0 Å². The van der Waals surface area contributed by atoms with Crippen molar-refractivity contribution in [2.75, 3.05) is 11.9 Å². The number of benzene rings is 2. The fraction of sp³-hybridized carbons (Fsp3) is 0.333. The molecule has 2 aromatic rings. The molecule has 0 aliphatic rings. The molecule has 2 nitrogen and oxygen atoms in total. The van der Waals surface area contributed by atoms with Crippen LogP contribution in [-0.4, -0.2) is 6.61 Å². The minimum atomic E-state index is 0.305. The van der Waals surface area contributed by atoms with E-state index in [1.54, 1.807) is 0 Å². The van der Waals surface area contributed by atoms with Gasteiger partial charge in [-0.05, 0) is 42.7 Å². The smallest absolute Gasteiger partial charge is 0.121 e. The van der Waals surface area contributed by atoms with Crippen molar-refractivity contribution >= 4 is 21.6 Å². The van der Waals surface area contributed by atoms with Gasteiger partial charge in [-0.25, -0.2) is 0 Å². The Morgan fingerprint density at radius 1 is 1.10 bits per heavy atom. The van der Waals surface area contributed by atoms with Crippen LogP contribution in [0.2, 0.25) is 0 Å². The topological polar surface area (TPSA) is 21.3 Å². The third kappa shape index (κ3) is 4.78. The summed E-state index contributed by atoms with van der Waals surface area (Å²) in [7, 11) is 0. The molecule has 0 saturated heterocycles. The van der Waals surface area contributed by atoms with Crippen molar-refractivity contribution in [3.8, 4) is 5.75 Å². The second-order valence-electron chi connectivity index (χ2n) is 5.03. The van der Waals surface area contributed by atoms with Crippen LogP contribution < -0.4 is 10.1 Å². The molecule has 2 aromatic carbocycles. The highest BCUT2D eigenvalue weighted by Crippen LogP contribution is 2.26. The van der Waals surface area contributed by atoms with Crippen molar-refractivity contribution in [2.45, 2.75) is 32.7 Å². The maximum absolute atomic E-state index is 5.69. The Labute approximate surface area is 135 Å². The number of ether oxygens (including phenoxy) is 1. The quantitative estimate of drug-likeness (QED) is 0.683. The lowest BCUT2D eigenvalue weighted by Gasteiger charge is -2.19. The maximum atomic E-state index is 5.69. The molecule has 0 saturated carbocycles. The predicted molar refractivity (Wildman–Crippen MR) is 93.0 cm³/mol. The lowest BCUT2D eigenvalue weighted by Crippen LogP contribution is -2.09. The van der Waals surface area contributed by atoms with Crippen LogP contribution in [0.15, 0.2) is 53.0 Å². The molecule has 0 bridgehead atoms. The summed E-state index contributed by atoms with van der Waals surface area (Å²) >= 11 is 3.48. The Morgan fingerprint density at radius 2 is 1.86 bits per heavy atom. The molecule has 0 aliphatic heterocycles. The normalized spacial score (nSPS) is 12.0. The molecular weight excluding hydrogens is 326 g/mol. The van der Waals surface area contributed by atoms with Gasteiger partial charge in [-0.15, -0.1) is 0 Å². The van der Waals surface area contributed by atoms with Gasteiger partial charge in [-0.1, -0.05) is 48.0 Å². The van der Waals surface area contributed by atoms with Gasteiger partial charge < -0.3 is 10.1 Å². The van der Waals surface area contributed by atoms with Crippen LogP contribution in [0.4, 0.5) is 5.69 Å². The number of anilines is 1. The number of hydrogen-bond donors (Lipinski definition) is 1. The third-order valence-corrected chi connectivity index (χ3v) is 3.86. The van der Waals surface area contributed by atoms with Crippen molar-refractivity contribution in [1.82, 2.24) is 0 Å². The van der Waals surface area contributed by atoms with E-state index in [0.29, 0.717) is 6.04 Å². The minimum Gasteiger partial charge on any atom is -0.494 e. The molecule has 2 rings (SSSR count). The van der Waals surface area contributed by atoms with Crippen molar-refractivity contribution in [1.29, 1.82) is 0 Å². The van der Waals surface area contributed by atoms with E-state index in [9.17, 15) is 0 Å². The number of nitrogens with one attached hydrogen (secondary N) is 1. The van der Waals surface area contributed by atoms with Crippen LogP contribution in [0.1, 0.15) is 38.3 Å². The van der Waals surface area contributed by atoms with Gasteiger partial charge in [0.05, 0.1) is 12.6 Å². The molecule has 3 heteroatoms. The average Bonchev–Trinajstić information content (AvgIpc) is 2.52. The van der Waals surface area contributed by atoms with Crippen LogP contribution in [0.5, 0.6) is 5.75 Å². The Bertz CT molecular complexity index is 553. The molecule has 1 N–H and O–H groups in total. The minimum absolute atomic E-state index is 0.305. The van der Waals surface area contributed by atoms with E-state index in [1.165, 1.54) is 5.56 Å². The first-order valence-electron chi connectivity index (χ1n) is 7.47. The van der Waals surface area contributed by atoms with Gasteiger partial charge in [-0.3, -0.25) is 0 Å². The van der Waals surface area contributed by atoms with E-state index in [-0.39, 0.29) is 0 Å². The first-order chi connectivity index (χ1) is 10.2. The molecular formula is C18H22BrNO. The van der Waals surface area contributed by atoms with Crippen molar-refractivity contribution < 1.29 is 4.74 Å². The standard InChI is InChI=1S/C18H22BrNO/c1-3-12-21-17-7-5-6-16(13-17)20-18(4-2)14-8-10-15(19)11-9-14/h5-11,13,18,20H,3-4,12H2,1-2H3. The van der Waals surface area contributed by atoms with Crippen molar-refractivity contribution in [3.05, 3.63) is 58.6 Å². The molecule has 1 unspecified atom stereocenters. The summed E-state index contributed by atoms with van der Waals surface area (Å²) in [5, 5.41) is 3.59. The van der Waals surface area contributed by atoms with Gasteiger partial charge in [0.2, 0.25) is 0 Å². The molecule has 0 spiro atoms. The van der Waals surface area contributed by atoms with Crippen molar-refractivity contribution in [2.24, 2.45) is 0 Å². The van der Waals surface area contributed by atoms with Crippen LogP contribution in [0.3, 0.4) is 0 Å². The fourth-order valence-electron chi connectivity index (χ4n) is 2.21. The predicted octanol–water partition coefficient (Wildman–Crippen LogP) is 5.80. The highest BCUT2D eigenvalue weighted by atomic mass is 79.9. The monoisotopic (exact) mass is 347 g/mol. The number of hydrogen-bond acceptors (Lipinski definition) is 2. The third-order valence-electron chi connectivity index (χ3n) is 3.33. The fourth-order valence-corrected chi connectivity index (χ4v) is 2.48. The highest BCUT2D eigenvalue weighted by Gasteiger charge is 2.09.